The number of rotatable bonds is 7. The molecule has 26 heavy (non-hydrogen) atoms. The monoisotopic (exact) mass is 348 g/mol. The van der Waals surface area contributed by atoms with E-state index >= 15 is 0 Å². The van der Waals surface area contributed by atoms with Crippen LogP contribution in [0.3, 0.4) is 0 Å². The number of benzene rings is 1. The summed E-state index contributed by atoms with van der Waals surface area (Å²) in [4.78, 5) is 2.36. The van der Waals surface area contributed by atoms with Crippen molar-refractivity contribution in [3.63, 3.8) is 0 Å². The number of anilines is 1. The highest BCUT2D eigenvalue weighted by atomic mass is 15.3. The van der Waals surface area contributed by atoms with Gasteiger partial charge in [-0.25, -0.2) is 0 Å². The zero-order chi connectivity index (χ0) is 17.6. The summed E-state index contributed by atoms with van der Waals surface area (Å²) in [5.74, 6) is 0.979. The summed E-state index contributed by atoms with van der Waals surface area (Å²) < 4.78 is 1.99. The highest BCUT2D eigenvalue weighted by Gasteiger charge is 2.25. The molecule has 6 nitrogen and oxygen atoms in total. The van der Waals surface area contributed by atoms with E-state index in [0.717, 1.165) is 32.0 Å². The Kier molecular flexibility index (Phi) is 5.21. The van der Waals surface area contributed by atoms with Crippen molar-refractivity contribution in [3.8, 4) is 0 Å². The van der Waals surface area contributed by atoms with Crippen molar-refractivity contribution in [3.05, 3.63) is 72.2 Å². The second-order valence-corrected chi connectivity index (χ2v) is 6.73. The summed E-state index contributed by atoms with van der Waals surface area (Å²) >= 11 is 0. The van der Waals surface area contributed by atoms with Crippen LogP contribution in [0.25, 0.3) is 0 Å². The first kappa shape index (κ1) is 16.7. The average molecular weight is 348 g/mol. The number of aromatic nitrogens is 4. The van der Waals surface area contributed by atoms with Gasteiger partial charge in [0.05, 0.1) is 12.7 Å². The number of nitrogens with one attached hydrogen (secondary N) is 1. The fourth-order valence-electron chi connectivity index (χ4n) is 3.53. The fourth-order valence-corrected chi connectivity index (χ4v) is 3.53. The van der Waals surface area contributed by atoms with Crippen LogP contribution in [0.2, 0.25) is 0 Å². The van der Waals surface area contributed by atoms with Crippen molar-refractivity contribution in [2.45, 2.75) is 32.0 Å². The van der Waals surface area contributed by atoms with Crippen LogP contribution in [0, 0.1) is 0 Å². The first-order valence-corrected chi connectivity index (χ1v) is 9.19. The van der Waals surface area contributed by atoms with Gasteiger partial charge in [0, 0.05) is 43.6 Å². The van der Waals surface area contributed by atoms with Gasteiger partial charge in [-0.2, -0.15) is 10.2 Å². The van der Waals surface area contributed by atoms with Gasteiger partial charge in [0.15, 0.2) is 5.82 Å². The Balaban J connectivity index is 1.28. The molecule has 3 heterocycles. The molecule has 0 radical (unpaired) electrons. The summed E-state index contributed by atoms with van der Waals surface area (Å²) in [7, 11) is 0. The lowest BCUT2D eigenvalue weighted by molar-refractivity contribution is 0.569. The maximum Gasteiger partial charge on any atom is 0.151 e. The van der Waals surface area contributed by atoms with Gasteiger partial charge in [0.2, 0.25) is 0 Å². The minimum Gasteiger partial charge on any atom is -0.351 e. The van der Waals surface area contributed by atoms with E-state index in [1.807, 2.05) is 29.1 Å². The summed E-state index contributed by atoms with van der Waals surface area (Å²) in [6.45, 7) is 3.64. The molecule has 134 valence electrons. The lowest BCUT2D eigenvalue weighted by Crippen LogP contribution is -2.38. The predicted molar refractivity (Wildman–Crippen MR) is 102 cm³/mol. The van der Waals surface area contributed by atoms with Crippen LogP contribution in [0.4, 0.5) is 5.82 Å². The van der Waals surface area contributed by atoms with Crippen LogP contribution < -0.4 is 10.2 Å². The second-order valence-electron chi connectivity index (χ2n) is 6.73. The van der Waals surface area contributed by atoms with Crippen LogP contribution in [0.1, 0.15) is 24.0 Å². The van der Waals surface area contributed by atoms with Crippen molar-refractivity contribution < 1.29 is 0 Å². The molecule has 0 saturated carbocycles. The minimum absolute atomic E-state index is 0.478. The normalized spacial score (nSPS) is 16.9. The number of hydrogen-bond acceptors (Lipinski definition) is 5. The Labute approximate surface area is 153 Å². The first-order chi connectivity index (χ1) is 12.9. The zero-order valence-electron chi connectivity index (χ0n) is 14.8. The minimum atomic E-state index is 0.478. The molecular formula is C20H24N6. The highest BCUT2D eigenvalue weighted by Crippen LogP contribution is 2.22. The van der Waals surface area contributed by atoms with Gasteiger partial charge in [0.1, 0.15) is 0 Å². The molecule has 1 saturated heterocycles. The third-order valence-corrected chi connectivity index (χ3v) is 4.81. The molecule has 0 spiro atoms. The van der Waals surface area contributed by atoms with E-state index < -0.39 is 0 Å². The van der Waals surface area contributed by atoms with Crippen LogP contribution in [0.5, 0.6) is 0 Å². The SMILES string of the molecule is c1ccc(Cn2cc(CNC[C@H]3CCCN3c3cccnn3)cn2)cc1. The van der Waals surface area contributed by atoms with Crippen molar-refractivity contribution in [2.24, 2.45) is 0 Å². The van der Waals surface area contributed by atoms with Gasteiger partial charge in [-0.1, -0.05) is 30.3 Å². The smallest absolute Gasteiger partial charge is 0.151 e. The van der Waals surface area contributed by atoms with E-state index in [0.29, 0.717) is 6.04 Å². The van der Waals surface area contributed by atoms with E-state index in [1.165, 1.54) is 24.0 Å². The molecule has 3 aromatic rings. The Morgan fingerprint density at radius 2 is 2.00 bits per heavy atom. The highest BCUT2D eigenvalue weighted by molar-refractivity contribution is 5.39. The molecule has 1 N–H and O–H groups in total. The number of hydrogen-bond donors (Lipinski definition) is 1. The average Bonchev–Trinajstić information content (AvgIpc) is 3.33. The van der Waals surface area contributed by atoms with Crippen molar-refractivity contribution >= 4 is 5.82 Å². The van der Waals surface area contributed by atoms with Crippen LogP contribution in [-0.4, -0.2) is 39.1 Å². The topological polar surface area (TPSA) is 58.9 Å². The third-order valence-electron chi connectivity index (χ3n) is 4.81. The molecule has 6 heteroatoms. The van der Waals surface area contributed by atoms with Crippen LogP contribution >= 0.6 is 0 Å². The van der Waals surface area contributed by atoms with E-state index in [9.17, 15) is 0 Å². The summed E-state index contributed by atoms with van der Waals surface area (Å²) in [6.07, 6.45) is 8.19. The molecule has 0 amide bonds. The molecule has 4 rings (SSSR count). The largest absolute Gasteiger partial charge is 0.351 e. The molecule has 1 fully saturated rings. The van der Waals surface area contributed by atoms with Gasteiger partial charge >= 0.3 is 0 Å². The van der Waals surface area contributed by atoms with Crippen LogP contribution in [-0.2, 0) is 13.1 Å². The number of nitrogens with zero attached hydrogens (tertiary/aromatic N) is 5. The molecule has 1 aliphatic heterocycles. The van der Waals surface area contributed by atoms with E-state index in [1.54, 1.807) is 6.20 Å². The lowest BCUT2D eigenvalue weighted by atomic mass is 10.2. The predicted octanol–water partition coefficient (Wildman–Crippen LogP) is 2.48. The summed E-state index contributed by atoms with van der Waals surface area (Å²) in [5.41, 5.74) is 2.48. The fraction of sp³-hybridized carbons (Fsp3) is 0.350. The Morgan fingerprint density at radius 1 is 1.08 bits per heavy atom. The molecular weight excluding hydrogens is 324 g/mol. The Bertz CT molecular complexity index is 801. The maximum atomic E-state index is 4.47. The van der Waals surface area contributed by atoms with Gasteiger partial charge in [-0.3, -0.25) is 4.68 Å². The van der Waals surface area contributed by atoms with E-state index in [4.69, 9.17) is 0 Å². The van der Waals surface area contributed by atoms with E-state index in [2.05, 4.69) is 56.0 Å². The Morgan fingerprint density at radius 3 is 2.85 bits per heavy atom. The van der Waals surface area contributed by atoms with Crippen molar-refractivity contribution in [1.82, 2.24) is 25.3 Å². The third kappa shape index (κ3) is 4.08. The summed E-state index contributed by atoms with van der Waals surface area (Å²) in [5, 5.41) is 16.3. The van der Waals surface area contributed by atoms with Crippen LogP contribution in [0.15, 0.2) is 61.1 Å². The van der Waals surface area contributed by atoms with Gasteiger partial charge < -0.3 is 10.2 Å². The summed E-state index contributed by atoms with van der Waals surface area (Å²) in [6, 6.07) is 14.9. The molecule has 0 aliphatic carbocycles. The van der Waals surface area contributed by atoms with Gasteiger partial charge in [0.25, 0.3) is 0 Å². The van der Waals surface area contributed by atoms with Crippen molar-refractivity contribution in [2.75, 3.05) is 18.0 Å². The van der Waals surface area contributed by atoms with E-state index in [-0.39, 0.29) is 0 Å². The second kappa shape index (κ2) is 8.10. The lowest BCUT2D eigenvalue weighted by Gasteiger charge is -2.25. The molecule has 1 atom stereocenters. The van der Waals surface area contributed by atoms with Crippen molar-refractivity contribution in [1.29, 1.82) is 0 Å². The standard InChI is InChI=1S/C20H24N6/c1-2-6-17(7-3-1)15-25-16-18(13-23-25)12-21-14-19-8-5-11-26(19)20-9-4-10-22-24-20/h1-4,6-7,9-10,13,16,19,21H,5,8,11-12,14-15H2/t19-/m1/s1. The van der Waals surface area contributed by atoms with Gasteiger partial charge in [-0.15, -0.1) is 5.10 Å². The first-order valence-electron chi connectivity index (χ1n) is 9.19. The molecule has 1 aromatic carbocycles. The molecule has 0 bridgehead atoms. The molecule has 1 aliphatic rings. The maximum absolute atomic E-state index is 4.47. The quantitative estimate of drug-likeness (QED) is 0.711. The molecule has 2 aromatic heterocycles. The Hall–Kier alpha value is -2.73. The molecule has 0 unspecified atom stereocenters. The zero-order valence-corrected chi connectivity index (χ0v) is 14.8. The van der Waals surface area contributed by atoms with Gasteiger partial charge in [-0.05, 0) is 30.5 Å².